The molecule has 0 amide bonds. The summed E-state index contributed by atoms with van der Waals surface area (Å²) in [5.74, 6) is 0. The molecule has 0 aromatic heterocycles. The summed E-state index contributed by atoms with van der Waals surface area (Å²) in [5, 5.41) is 0. The van der Waals surface area contributed by atoms with Gasteiger partial charge in [-0.1, -0.05) is 208 Å². The Bertz CT molecular complexity index is 3820. The van der Waals surface area contributed by atoms with Crippen molar-refractivity contribution in [2.24, 2.45) is 0 Å². The standard InChI is InChI=1S/C70H50N2/c1-69(2)61-23-11-9-21-57(61)59-43-35-51(45-65(59)69)49-31-39-55(40-32-49)71(54-37-29-48(30-38-54)47-17-5-3-6-18-47)56-41-33-50(34-42-56)52-36-44-60-58-22-10-12-24-62(58)70(66(60)46-52)63-25-13-15-27-67(63)72(53-19-7-4-8-20-53)68-28-16-14-26-64(68)70/h3-46H,1-2H3. The number of hydrogen-bond acceptors (Lipinski definition) is 2. The number of hydrogen-bond donors (Lipinski definition) is 0. The Balaban J connectivity index is 0.862. The second-order valence-electron chi connectivity index (χ2n) is 20.0. The molecule has 72 heavy (non-hydrogen) atoms. The normalized spacial score (nSPS) is 13.9. The molecule has 0 N–H and O–H groups in total. The molecule has 14 rings (SSSR count). The van der Waals surface area contributed by atoms with E-state index in [-0.39, 0.29) is 5.41 Å². The van der Waals surface area contributed by atoms with Gasteiger partial charge in [0, 0.05) is 28.2 Å². The fourth-order valence-corrected chi connectivity index (χ4v) is 12.5. The molecule has 3 aliphatic rings. The van der Waals surface area contributed by atoms with Crippen LogP contribution in [0.4, 0.5) is 34.1 Å². The lowest BCUT2D eigenvalue weighted by molar-refractivity contribution is 0.660. The molecule has 0 radical (unpaired) electrons. The molecule has 2 aliphatic carbocycles. The van der Waals surface area contributed by atoms with Gasteiger partial charge in [-0.3, -0.25) is 0 Å². The van der Waals surface area contributed by atoms with E-state index in [2.05, 4.69) is 291 Å². The zero-order chi connectivity index (χ0) is 48.0. The molecule has 0 saturated heterocycles. The lowest BCUT2D eigenvalue weighted by atomic mass is 9.64. The third-order valence-electron chi connectivity index (χ3n) is 15.9. The average Bonchev–Trinajstić information content (AvgIpc) is 3.87. The number of nitrogens with zero attached hydrogens (tertiary/aromatic N) is 2. The predicted octanol–water partition coefficient (Wildman–Crippen LogP) is 18.6. The molecule has 2 nitrogen and oxygen atoms in total. The third kappa shape index (κ3) is 6.28. The molecule has 0 saturated carbocycles. The summed E-state index contributed by atoms with van der Waals surface area (Å²) in [4.78, 5) is 4.83. The van der Waals surface area contributed by atoms with Gasteiger partial charge in [0.2, 0.25) is 0 Å². The summed E-state index contributed by atoms with van der Waals surface area (Å²) in [5.41, 5.74) is 26.7. The Labute approximate surface area is 422 Å². The van der Waals surface area contributed by atoms with E-state index in [4.69, 9.17) is 0 Å². The number of benzene rings is 11. The van der Waals surface area contributed by atoms with Gasteiger partial charge in [-0.05, 0) is 162 Å². The molecule has 1 spiro atoms. The van der Waals surface area contributed by atoms with Gasteiger partial charge in [-0.2, -0.15) is 0 Å². The van der Waals surface area contributed by atoms with E-state index >= 15 is 0 Å². The van der Waals surface area contributed by atoms with Crippen LogP contribution < -0.4 is 9.80 Å². The van der Waals surface area contributed by atoms with Crippen LogP contribution in [-0.2, 0) is 10.8 Å². The van der Waals surface area contributed by atoms with E-state index in [9.17, 15) is 0 Å². The van der Waals surface area contributed by atoms with Crippen LogP contribution in [0.5, 0.6) is 0 Å². The summed E-state index contributed by atoms with van der Waals surface area (Å²) < 4.78 is 0. The van der Waals surface area contributed by atoms with Gasteiger partial charge in [0.1, 0.15) is 0 Å². The van der Waals surface area contributed by atoms with Crippen molar-refractivity contribution in [2.45, 2.75) is 24.7 Å². The summed E-state index contributed by atoms with van der Waals surface area (Å²) in [6, 6.07) is 98.9. The van der Waals surface area contributed by atoms with Crippen molar-refractivity contribution in [3.8, 4) is 55.6 Å². The first-order valence-electron chi connectivity index (χ1n) is 25.2. The van der Waals surface area contributed by atoms with Crippen LogP contribution in [0.15, 0.2) is 267 Å². The highest BCUT2D eigenvalue weighted by Gasteiger charge is 2.51. The Kier molecular flexibility index (Phi) is 9.50. The second kappa shape index (κ2) is 16.3. The van der Waals surface area contributed by atoms with Crippen LogP contribution in [-0.4, -0.2) is 0 Å². The SMILES string of the molecule is CC1(C)c2ccccc2-c2ccc(-c3ccc(N(c4ccc(-c5ccccc5)cc4)c4ccc(-c5ccc6c(c5)C5(c7ccccc7-6)c6ccccc6N(c6ccccc6)c6ccccc65)cc4)cc3)cc21. The molecule has 1 aliphatic heterocycles. The van der Waals surface area contributed by atoms with Gasteiger partial charge in [-0.15, -0.1) is 0 Å². The molecule has 0 bridgehead atoms. The largest absolute Gasteiger partial charge is 0.311 e. The molecule has 0 unspecified atom stereocenters. The highest BCUT2D eigenvalue weighted by atomic mass is 15.2. The van der Waals surface area contributed by atoms with Crippen LogP contribution in [0.25, 0.3) is 55.6 Å². The fourth-order valence-electron chi connectivity index (χ4n) is 12.5. The maximum atomic E-state index is 2.48. The first-order chi connectivity index (χ1) is 35.5. The summed E-state index contributed by atoms with van der Waals surface area (Å²) in [6.45, 7) is 4.70. The van der Waals surface area contributed by atoms with Crippen molar-refractivity contribution in [1.29, 1.82) is 0 Å². The van der Waals surface area contributed by atoms with Crippen molar-refractivity contribution < 1.29 is 0 Å². The van der Waals surface area contributed by atoms with Crippen molar-refractivity contribution in [1.82, 2.24) is 0 Å². The lowest BCUT2D eigenvalue weighted by Crippen LogP contribution is -2.36. The van der Waals surface area contributed by atoms with Gasteiger partial charge >= 0.3 is 0 Å². The number of anilines is 6. The van der Waals surface area contributed by atoms with Crippen molar-refractivity contribution in [3.05, 3.63) is 300 Å². The Morgan fingerprint density at radius 1 is 0.278 bits per heavy atom. The highest BCUT2D eigenvalue weighted by Crippen LogP contribution is 2.63. The molecule has 2 heteroatoms. The first-order valence-corrected chi connectivity index (χ1v) is 25.2. The zero-order valence-corrected chi connectivity index (χ0v) is 40.3. The molecule has 0 fully saturated rings. The van der Waals surface area contributed by atoms with E-state index in [0.29, 0.717) is 0 Å². The number of para-hydroxylation sites is 3. The Hall–Kier alpha value is -8.98. The topological polar surface area (TPSA) is 6.48 Å². The fraction of sp³-hybridized carbons (Fsp3) is 0.0571. The monoisotopic (exact) mass is 918 g/mol. The molecule has 340 valence electrons. The van der Waals surface area contributed by atoms with Crippen LogP contribution in [0.1, 0.15) is 47.2 Å². The summed E-state index contributed by atoms with van der Waals surface area (Å²) in [7, 11) is 0. The summed E-state index contributed by atoms with van der Waals surface area (Å²) >= 11 is 0. The molecular formula is C70H50N2. The Morgan fingerprint density at radius 3 is 1.18 bits per heavy atom. The van der Waals surface area contributed by atoms with Gasteiger partial charge < -0.3 is 9.80 Å². The predicted molar refractivity (Wildman–Crippen MR) is 301 cm³/mol. The van der Waals surface area contributed by atoms with Crippen molar-refractivity contribution >= 4 is 34.1 Å². The van der Waals surface area contributed by atoms with E-state index in [1.165, 1.54) is 100 Å². The minimum Gasteiger partial charge on any atom is -0.311 e. The van der Waals surface area contributed by atoms with Gasteiger partial charge in [-0.25, -0.2) is 0 Å². The smallest absolute Gasteiger partial charge is 0.0754 e. The van der Waals surface area contributed by atoms with E-state index in [1.54, 1.807) is 0 Å². The van der Waals surface area contributed by atoms with Crippen molar-refractivity contribution in [2.75, 3.05) is 9.80 Å². The minimum atomic E-state index is -0.518. The highest BCUT2D eigenvalue weighted by molar-refractivity contribution is 5.97. The van der Waals surface area contributed by atoms with Crippen LogP contribution in [0, 0.1) is 0 Å². The van der Waals surface area contributed by atoms with Crippen molar-refractivity contribution in [3.63, 3.8) is 0 Å². The number of fused-ring (bicyclic) bond motifs is 12. The van der Waals surface area contributed by atoms with Gasteiger partial charge in [0.15, 0.2) is 0 Å². The zero-order valence-electron chi connectivity index (χ0n) is 40.3. The summed E-state index contributed by atoms with van der Waals surface area (Å²) in [6.07, 6.45) is 0. The van der Waals surface area contributed by atoms with E-state index < -0.39 is 5.41 Å². The molecule has 11 aromatic rings. The van der Waals surface area contributed by atoms with Crippen LogP contribution >= 0.6 is 0 Å². The van der Waals surface area contributed by atoms with E-state index in [1.807, 2.05) is 0 Å². The maximum absolute atomic E-state index is 2.48. The van der Waals surface area contributed by atoms with E-state index in [0.717, 1.165) is 22.7 Å². The van der Waals surface area contributed by atoms with Crippen LogP contribution in [0.3, 0.4) is 0 Å². The Morgan fingerprint density at radius 2 is 0.639 bits per heavy atom. The molecule has 11 aromatic carbocycles. The molecular weight excluding hydrogens is 869 g/mol. The number of rotatable bonds is 7. The van der Waals surface area contributed by atoms with Crippen LogP contribution in [0.2, 0.25) is 0 Å². The minimum absolute atomic E-state index is 0.0554. The second-order valence-corrected chi connectivity index (χ2v) is 20.0. The van der Waals surface area contributed by atoms with Gasteiger partial charge in [0.05, 0.1) is 16.8 Å². The first kappa shape index (κ1) is 41.9. The quantitative estimate of drug-likeness (QED) is 0.157. The average molecular weight is 919 g/mol. The lowest BCUT2D eigenvalue weighted by Gasteiger charge is -2.45. The van der Waals surface area contributed by atoms with Gasteiger partial charge in [0.25, 0.3) is 0 Å². The maximum Gasteiger partial charge on any atom is 0.0754 e. The molecule has 0 atom stereocenters. The third-order valence-corrected chi connectivity index (χ3v) is 15.9. The molecule has 1 heterocycles.